The van der Waals surface area contributed by atoms with E-state index in [2.05, 4.69) is 156 Å². The minimum absolute atomic E-state index is 0.844. The van der Waals surface area contributed by atoms with Gasteiger partial charge in [-0.15, -0.1) is 11.3 Å². The van der Waals surface area contributed by atoms with Crippen molar-refractivity contribution in [3.8, 4) is 17.1 Å². The Hall–Kier alpha value is -6.10. The van der Waals surface area contributed by atoms with Crippen molar-refractivity contribution in [2.24, 2.45) is 0 Å². The van der Waals surface area contributed by atoms with Gasteiger partial charge in [-0.25, -0.2) is 9.97 Å². The third-order valence-electron chi connectivity index (χ3n) is 9.98. The molecule has 222 valence electrons. The van der Waals surface area contributed by atoms with Gasteiger partial charge in [0, 0.05) is 31.8 Å². The average molecular weight is 628 g/mol. The molecule has 0 saturated carbocycles. The Labute approximate surface area is 278 Å². The maximum atomic E-state index is 5.57. The van der Waals surface area contributed by atoms with Gasteiger partial charge in [-0.1, -0.05) is 133 Å². The fourth-order valence-electron chi connectivity index (χ4n) is 7.95. The number of hydrogen-bond donors (Lipinski definition) is 0. The maximum Gasteiger partial charge on any atom is 0.165 e. The van der Waals surface area contributed by atoms with E-state index in [0.29, 0.717) is 0 Å². The van der Waals surface area contributed by atoms with Gasteiger partial charge >= 0.3 is 0 Å². The van der Waals surface area contributed by atoms with Crippen LogP contribution >= 0.6 is 11.3 Å². The summed E-state index contributed by atoms with van der Waals surface area (Å²) in [6.07, 6.45) is 0. The standard InChI is InChI=1S/C44H25N3S/c1-2-13-27(14-3-1)41-43(45-42-34-20-10-11-21-37(34)48-44(42)46-41)47-35-24-22-26-12-4-5-15-28(26)39(35)40-36(47)25-23-33-31-18-7-6-16-29(31)30-17-8-9-19-32(30)38(33)40/h1-25H. The van der Waals surface area contributed by atoms with E-state index in [0.717, 1.165) is 43.8 Å². The van der Waals surface area contributed by atoms with Crippen LogP contribution in [0.25, 0.3) is 102 Å². The largest absolute Gasteiger partial charge is 0.292 e. The molecule has 0 amide bonds. The van der Waals surface area contributed by atoms with Crippen LogP contribution in [-0.2, 0) is 0 Å². The fraction of sp³-hybridized carbons (Fsp3) is 0. The Balaban J connectivity index is 1.41. The number of hydrogen-bond acceptors (Lipinski definition) is 3. The molecule has 3 nitrogen and oxygen atoms in total. The van der Waals surface area contributed by atoms with Crippen LogP contribution in [-0.4, -0.2) is 14.5 Å². The van der Waals surface area contributed by atoms with Crippen LogP contribution in [0.4, 0.5) is 0 Å². The zero-order chi connectivity index (χ0) is 31.3. The lowest BCUT2D eigenvalue weighted by atomic mass is 9.91. The van der Waals surface area contributed by atoms with Crippen LogP contribution in [0.3, 0.4) is 0 Å². The molecule has 11 aromatic rings. The van der Waals surface area contributed by atoms with Crippen LogP contribution < -0.4 is 0 Å². The first-order valence-electron chi connectivity index (χ1n) is 16.3. The molecule has 11 rings (SSSR count). The number of fused-ring (bicyclic) bond motifs is 15. The summed E-state index contributed by atoms with van der Waals surface area (Å²) in [4.78, 5) is 11.9. The van der Waals surface area contributed by atoms with Crippen molar-refractivity contribution in [3.05, 3.63) is 152 Å². The summed E-state index contributed by atoms with van der Waals surface area (Å²) in [5.41, 5.74) is 5.12. The monoisotopic (exact) mass is 627 g/mol. The molecule has 0 bridgehead atoms. The average Bonchev–Trinajstić information content (AvgIpc) is 3.70. The molecule has 0 N–H and O–H groups in total. The Kier molecular flexibility index (Phi) is 5.26. The summed E-state index contributed by atoms with van der Waals surface area (Å²) in [5, 5.41) is 13.7. The third-order valence-corrected chi connectivity index (χ3v) is 11.0. The maximum absolute atomic E-state index is 5.57. The van der Waals surface area contributed by atoms with E-state index in [9.17, 15) is 0 Å². The second kappa shape index (κ2) is 9.71. The Morgan fingerprint density at radius 2 is 1.00 bits per heavy atom. The molecule has 0 aliphatic rings. The zero-order valence-corrected chi connectivity index (χ0v) is 26.5. The van der Waals surface area contributed by atoms with Crippen LogP contribution in [0.1, 0.15) is 0 Å². The van der Waals surface area contributed by atoms with Crippen molar-refractivity contribution >= 4 is 96.7 Å². The summed E-state index contributed by atoms with van der Waals surface area (Å²) in [7, 11) is 0. The van der Waals surface area contributed by atoms with Gasteiger partial charge in [0.1, 0.15) is 16.0 Å². The number of benzene rings is 8. The molecule has 0 radical (unpaired) electrons. The Bertz CT molecular complexity index is 3080. The van der Waals surface area contributed by atoms with Crippen molar-refractivity contribution in [2.45, 2.75) is 0 Å². The molecule has 48 heavy (non-hydrogen) atoms. The summed E-state index contributed by atoms with van der Waals surface area (Å²) < 4.78 is 3.57. The molecule has 3 heterocycles. The van der Waals surface area contributed by atoms with E-state index in [4.69, 9.17) is 9.97 Å². The molecule has 0 aliphatic heterocycles. The van der Waals surface area contributed by atoms with Crippen LogP contribution in [0.5, 0.6) is 0 Å². The van der Waals surface area contributed by atoms with Crippen LogP contribution in [0, 0.1) is 0 Å². The summed E-state index contributed by atoms with van der Waals surface area (Å²) in [6, 6.07) is 54.6. The SMILES string of the molecule is c1ccc(-c2nc3sc4ccccc4c3nc2-n2c3ccc4ccccc4c3c3c4c5ccccc5c5ccccc5c4ccc32)cc1. The first-order valence-corrected chi connectivity index (χ1v) is 17.1. The van der Waals surface area contributed by atoms with Gasteiger partial charge in [-0.3, -0.25) is 4.57 Å². The van der Waals surface area contributed by atoms with Crippen LogP contribution in [0.2, 0.25) is 0 Å². The number of rotatable bonds is 2. The molecule has 0 aliphatic carbocycles. The predicted octanol–water partition coefficient (Wildman–Crippen LogP) is 12.2. The topological polar surface area (TPSA) is 30.7 Å². The quantitative estimate of drug-likeness (QED) is 0.179. The Morgan fingerprint density at radius 3 is 1.79 bits per heavy atom. The molecule has 3 aromatic heterocycles. The summed E-state index contributed by atoms with van der Waals surface area (Å²) in [6.45, 7) is 0. The molecule has 4 heteroatoms. The van der Waals surface area contributed by atoms with Crippen molar-refractivity contribution < 1.29 is 0 Å². The highest BCUT2D eigenvalue weighted by Crippen LogP contribution is 2.46. The van der Waals surface area contributed by atoms with Crippen molar-refractivity contribution in [2.75, 3.05) is 0 Å². The second-order valence-corrected chi connectivity index (χ2v) is 13.5. The van der Waals surface area contributed by atoms with E-state index in [1.165, 1.54) is 58.6 Å². The molecule has 0 fully saturated rings. The first-order chi connectivity index (χ1) is 23.8. The highest BCUT2D eigenvalue weighted by molar-refractivity contribution is 7.25. The van der Waals surface area contributed by atoms with E-state index in [1.54, 1.807) is 11.3 Å². The molecule has 0 unspecified atom stereocenters. The normalized spacial score (nSPS) is 12.2. The minimum atomic E-state index is 0.844. The van der Waals surface area contributed by atoms with Gasteiger partial charge in [-0.2, -0.15) is 0 Å². The van der Waals surface area contributed by atoms with E-state index in [-0.39, 0.29) is 0 Å². The molecular formula is C44H25N3S. The Morgan fingerprint density at radius 1 is 0.417 bits per heavy atom. The van der Waals surface area contributed by atoms with Gasteiger partial charge in [-0.05, 0) is 55.9 Å². The predicted molar refractivity (Wildman–Crippen MR) is 205 cm³/mol. The molecule has 0 spiro atoms. The van der Waals surface area contributed by atoms with Gasteiger partial charge in [0.2, 0.25) is 0 Å². The molecular weight excluding hydrogens is 603 g/mol. The summed E-state index contributed by atoms with van der Waals surface area (Å²) in [5.74, 6) is 0.844. The molecule has 8 aromatic carbocycles. The number of nitrogens with zero attached hydrogens (tertiary/aromatic N) is 3. The van der Waals surface area contributed by atoms with Gasteiger partial charge in [0.05, 0.1) is 11.0 Å². The second-order valence-electron chi connectivity index (χ2n) is 12.5. The number of aromatic nitrogens is 3. The highest BCUT2D eigenvalue weighted by Gasteiger charge is 2.24. The molecule has 0 saturated heterocycles. The van der Waals surface area contributed by atoms with Crippen LogP contribution in [0.15, 0.2) is 152 Å². The highest BCUT2D eigenvalue weighted by atomic mass is 32.1. The lowest BCUT2D eigenvalue weighted by Gasteiger charge is -2.14. The lowest BCUT2D eigenvalue weighted by molar-refractivity contribution is 1.09. The van der Waals surface area contributed by atoms with Gasteiger partial charge in [0.25, 0.3) is 0 Å². The minimum Gasteiger partial charge on any atom is -0.292 e. The first kappa shape index (κ1) is 26.0. The third kappa shape index (κ3) is 3.47. The van der Waals surface area contributed by atoms with Crippen molar-refractivity contribution in [1.82, 2.24) is 14.5 Å². The lowest BCUT2D eigenvalue weighted by Crippen LogP contribution is -2.03. The van der Waals surface area contributed by atoms with E-state index < -0.39 is 0 Å². The van der Waals surface area contributed by atoms with Crippen molar-refractivity contribution in [1.29, 1.82) is 0 Å². The van der Waals surface area contributed by atoms with E-state index in [1.807, 2.05) is 0 Å². The van der Waals surface area contributed by atoms with Gasteiger partial charge < -0.3 is 0 Å². The van der Waals surface area contributed by atoms with Crippen molar-refractivity contribution in [3.63, 3.8) is 0 Å². The molecule has 0 atom stereocenters. The van der Waals surface area contributed by atoms with Gasteiger partial charge in [0.15, 0.2) is 5.82 Å². The summed E-state index contributed by atoms with van der Waals surface area (Å²) >= 11 is 1.71. The zero-order valence-electron chi connectivity index (χ0n) is 25.7. The smallest absolute Gasteiger partial charge is 0.165 e. The number of thiophene rings is 1. The fourth-order valence-corrected chi connectivity index (χ4v) is 8.97. The van der Waals surface area contributed by atoms with E-state index >= 15 is 0 Å².